The molecule has 2 unspecified atom stereocenters. The Labute approximate surface area is 308 Å². The molecule has 0 saturated carbocycles. The molecular formula is C38H44N6O4S3. The zero-order chi connectivity index (χ0) is 36.1. The summed E-state index contributed by atoms with van der Waals surface area (Å²) in [5.41, 5.74) is 2.71. The Morgan fingerprint density at radius 2 is 0.980 bits per heavy atom. The summed E-state index contributed by atoms with van der Waals surface area (Å²) in [5, 5.41) is 0. The van der Waals surface area contributed by atoms with Crippen molar-refractivity contribution in [1.82, 2.24) is 27.8 Å². The van der Waals surface area contributed by atoms with Crippen LogP contribution >= 0.6 is 34.4 Å². The summed E-state index contributed by atoms with van der Waals surface area (Å²) in [4.78, 5) is 59.9. The highest BCUT2D eigenvalue weighted by molar-refractivity contribution is 7.19. The fourth-order valence-electron chi connectivity index (χ4n) is 6.55. The molecule has 0 aliphatic rings. The van der Waals surface area contributed by atoms with E-state index in [4.69, 9.17) is 0 Å². The van der Waals surface area contributed by atoms with Crippen molar-refractivity contribution in [1.29, 1.82) is 0 Å². The predicted octanol–water partition coefficient (Wildman–Crippen LogP) is 8.62. The molecule has 0 saturated heterocycles. The summed E-state index contributed by atoms with van der Waals surface area (Å²) in [5.74, 6) is 0.737. The number of H-pyrrole nitrogens is 2. The summed E-state index contributed by atoms with van der Waals surface area (Å²) in [6.07, 6.45) is 11.9. The Kier molecular flexibility index (Phi) is 11.8. The monoisotopic (exact) mass is 744 g/mol. The average Bonchev–Trinajstić information content (AvgIpc) is 3.92. The summed E-state index contributed by atoms with van der Waals surface area (Å²) >= 11 is 4.10. The molecule has 2 atom stereocenters. The number of rotatable bonds is 16. The molecule has 0 amide bonds. The number of fused-ring (bicyclic) bond motifs is 1. The molecule has 0 aliphatic heterocycles. The van der Waals surface area contributed by atoms with E-state index >= 15 is 0 Å². The summed E-state index contributed by atoms with van der Waals surface area (Å²) in [6.45, 7) is 9.76. The van der Waals surface area contributed by atoms with E-state index in [9.17, 15) is 19.2 Å². The molecule has 0 aliphatic carbocycles. The number of benzene rings is 1. The third kappa shape index (κ3) is 8.00. The van der Waals surface area contributed by atoms with Crippen LogP contribution < -0.4 is 22.5 Å². The minimum Gasteiger partial charge on any atom is -0.300 e. The number of aromatic amines is 2. The number of unbranched alkanes of at least 4 members (excludes halogenated alkanes) is 2. The van der Waals surface area contributed by atoms with Gasteiger partial charge >= 0.3 is 11.4 Å². The SMILES string of the molecule is CCCCC(CC)Cn1cc(-c2ccc(-c3ccc(-c4ccc(-c5cn(CC(CC)CCCC)c(=O)[nH]c5=O)s4)c4nsnc34)s2)c(=O)[nH]c1=O. The standard InChI is InChI=1S/C38H44N6O4S3/c1-5-9-11-23(7-3)19-43-21-27(35(45)39-37(43)47)31-17-15-29(49-31)25-13-14-26(34-33(25)41-51-42-34)30-16-18-32(50-30)28-22-44(38(48)40-36(28)46)20-24(8-4)12-10-6-2/h13-18,21-24H,5-12,19-20H2,1-4H3,(H,39,45,47)(H,40,46,48). The van der Waals surface area contributed by atoms with Crippen LogP contribution in [0.15, 0.2) is 68.0 Å². The van der Waals surface area contributed by atoms with E-state index in [-0.39, 0.29) is 11.4 Å². The van der Waals surface area contributed by atoms with E-state index in [1.165, 1.54) is 22.7 Å². The summed E-state index contributed by atoms with van der Waals surface area (Å²) in [6, 6.07) is 11.8. The van der Waals surface area contributed by atoms with Crippen LogP contribution in [0.5, 0.6) is 0 Å². The van der Waals surface area contributed by atoms with Crippen molar-refractivity contribution in [2.24, 2.45) is 11.8 Å². The lowest BCUT2D eigenvalue weighted by Crippen LogP contribution is -2.32. The van der Waals surface area contributed by atoms with E-state index in [2.05, 4.69) is 46.4 Å². The third-order valence-corrected chi connectivity index (χ3v) is 12.5. The van der Waals surface area contributed by atoms with Crippen molar-refractivity contribution in [3.63, 3.8) is 0 Å². The number of thiophene rings is 2. The van der Waals surface area contributed by atoms with Crippen molar-refractivity contribution in [3.05, 3.63) is 90.5 Å². The van der Waals surface area contributed by atoms with E-state index in [1.54, 1.807) is 21.5 Å². The minimum absolute atomic E-state index is 0.369. The van der Waals surface area contributed by atoms with Gasteiger partial charge in [-0.3, -0.25) is 28.7 Å². The van der Waals surface area contributed by atoms with Crippen molar-refractivity contribution >= 4 is 45.4 Å². The van der Waals surface area contributed by atoms with Gasteiger partial charge in [0, 0.05) is 56.1 Å². The van der Waals surface area contributed by atoms with Crippen LogP contribution in [-0.4, -0.2) is 27.8 Å². The molecule has 13 heteroatoms. The fourth-order valence-corrected chi connectivity index (χ4v) is 9.20. The van der Waals surface area contributed by atoms with Crippen LogP contribution in [0, 0.1) is 11.8 Å². The minimum atomic E-state index is -0.397. The van der Waals surface area contributed by atoms with Gasteiger partial charge in [-0.25, -0.2) is 9.59 Å². The first-order valence-corrected chi connectivity index (χ1v) is 20.2. The van der Waals surface area contributed by atoms with Gasteiger partial charge in [-0.05, 0) is 48.9 Å². The highest BCUT2D eigenvalue weighted by Gasteiger charge is 2.20. The first kappa shape index (κ1) is 36.6. The second-order valence-corrected chi connectivity index (χ2v) is 15.9. The highest BCUT2D eigenvalue weighted by Crippen LogP contribution is 2.41. The normalized spacial score (nSPS) is 12.9. The lowest BCUT2D eigenvalue weighted by molar-refractivity contribution is 0.382. The molecule has 10 nitrogen and oxygen atoms in total. The van der Waals surface area contributed by atoms with Crippen molar-refractivity contribution in [2.75, 3.05) is 0 Å². The van der Waals surface area contributed by atoms with Gasteiger partial charge in [0.1, 0.15) is 11.0 Å². The number of hydrogen-bond acceptors (Lipinski definition) is 9. The Hall–Kier alpha value is -4.20. The van der Waals surface area contributed by atoms with E-state index in [0.29, 0.717) is 36.1 Å². The molecule has 6 rings (SSSR count). The van der Waals surface area contributed by atoms with E-state index in [1.807, 2.05) is 36.4 Å². The summed E-state index contributed by atoms with van der Waals surface area (Å²) < 4.78 is 12.6. The third-order valence-electron chi connectivity index (χ3n) is 9.71. The van der Waals surface area contributed by atoms with Gasteiger partial charge in [-0.1, -0.05) is 78.4 Å². The molecular weight excluding hydrogens is 701 g/mol. The average molecular weight is 745 g/mol. The number of nitrogens with one attached hydrogen (secondary N) is 2. The number of aromatic nitrogens is 6. The Morgan fingerprint density at radius 3 is 1.35 bits per heavy atom. The van der Waals surface area contributed by atoms with Crippen molar-refractivity contribution < 1.29 is 0 Å². The maximum absolute atomic E-state index is 13.0. The maximum atomic E-state index is 13.0. The van der Waals surface area contributed by atoms with Gasteiger partial charge in [-0.2, -0.15) is 8.75 Å². The lowest BCUT2D eigenvalue weighted by Gasteiger charge is -2.16. The fraction of sp³-hybridized carbons (Fsp3) is 0.421. The second kappa shape index (κ2) is 16.4. The van der Waals surface area contributed by atoms with Crippen molar-refractivity contribution in [3.8, 4) is 41.8 Å². The van der Waals surface area contributed by atoms with E-state index < -0.39 is 11.1 Å². The molecule has 6 aromatic rings. The van der Waals surface area contributed by atoms with Gasteiger partial charge in [0.2, 0.25) is 0 Å². The van der Waals surface area contributed by atoms with Gasteiger partial charge in [0.15, 0.2) is 0 Å². The van der Waals surface area contributed by atoms with E-state index in [0.717, 1.165) is 105 Å². The number of nitrogens with zero attached hydrogens (tertiary/aromatic N) is 4. The molecule has 2 N–H and O–H groups in total. The first-order chi connectivity index (χ1) is 24.7. The lowest BCUT2D eigenvalue weighted by atomic mass is 9.99. The van der Waals surface area contributed by atoms with Crippen LogP contribution in [0.25, 0.3) is 52.8 Å². The van der Waals surface area contributed by atoms with Crippen LogP contribution in [0.2, 0.25) is 0 Å². The zero-order valence-electron chi connectivity index (χ0n) is 29.5. The van der Waals surface area contributed by atoms with Gasteiger partial charge in [0.05, 0.1) is 22.9 Å². The molecule has 0 fully saturated rings. The Balaban J connectivity index is 1.29. The maximum Gasteiger partial charge on any atom is 0.328 e. The molecule has 5 heterocycles. The van der Waals surface area contributed by atoms with Gasteiger partial charge < -0.3 is 0 Å². The molecule has 1 aromatic carbocycles. The highest BCUT2D eigenvalue weighted by atomic mass is 32.1. The van der Waals surface area contributed by atoms with Crippen LogP contribution in [-0.2, 0) is 13.1 Å². The molecule has 5 aromatic heterocycles. The number of hydrogen-bond donors (Lipinski definition) is 2. The smallest absolute Gasteiger partial charge is 0.300 e. The van der Waals surface area contributed by atoms with Crippen LogP contribution in [0.1, 0.15) is 79.1 Å². The molecule has 51 heavy (non-hydrogen) atoms. The topological polar surface area (TPSA) is 136 Å². The van der Waals surface area contributed by atoms with Crippen molar-refractivity contribution in [2.45, 2.75) is 92.2 Å². The largest absolute Gasteiger partial charge is 0.328 e. The first-order valence-electron chi connectivity index (χ1n) is 17.9. The molecule has 268 valence electrons. The predicted molar refractivity (Wildman–Crippen MR) is 211 cm³/mol. The Morgan fingerprint density at radius 1 is 0.588 bits per heavy atom. The zero-order valence-corrected chi connectivity index (χ0v) is 31.9. The van der Waals surface area contributed by atoms with Gasteiger partial charge in [-0.15, -0.1) is 22.7 Å². The van der Waals surface area contributed by atoms with Crippen LogP contribution in [0.3, 0.4) is 0 Å². The van der Waals surface area contributed by atoms with Gasteiger partial charge in [0.25, 0.3) is 11.1 Å². The Bertz CT molecular complexity index is 2200. The molecule has 0 spiro atoms. The molecule has 0 bridgehead atoms. The summed E-state index contributed by atoms with van der Waals surface area (Å²) in [7, 11) is 0. The van der Waals surface area contributed by atoms with Crippen LogP contribution in [0.4, 0.5) is 0 Å². The second-order valence-electron chi connectivity index (χ2n) is 13.2. The molecule has 0 radical (unpaired) electrons. The quantitative estimate of drug-likeness (QED) is 0.102.